The molecule has 1 heterocycles. The van der Waals surface area contributed by atoms with Gasteiger partial charge in [0, 0.05) is 13.5 Å². The lowest BCUT2D eigenvalue weighted by Gasteiger charge is -1.98. The van der Waals surface area contributed by atoms with Crippen molar-refractivity contribution in [3.05, 3.63) is 5.82 Å². The Morgan fingerprint density at radius 2 is 2.27 bits per heavy atom. The van der Waals surface area contributed by atoms with Crippen molar-refractivity contribution < 1.29 is 5.11 Å². The first kappa shape index (κ1) is 8.55. The highest BCUT2D eigenvalue weighted by Crippen LogP contribution is 2.10. The molecule has 1 N–H and O–H groups in total. The zero-order chi connectivity index (χ0) is 8.27. The lowest BCUT2D eigenvalue weighted by atomic mass is 10.4. The predicted molar refractivity (Wildman–Crippen MR) is 43.6 cm³/mol. The summed E-state index contributed by atoms with van der Waals surface area (Å²) in [5.74, 6) is 0.830. The smallest absolute Gasteiger partial charge is 0.190 e. The highest BCUT2D eigenvalue weighted by atomic mass is 32.2. The number of aromatic nitrogens is 3. The maximum atomic E-state index is 8.64. The molecular formula is C6H11N3OS. The summed E-state index contributed by atoms with van der Waals surface area (Å²) in [6.07, 6.45) is 2.52. The van der Waals surface area contributed by atoms with E-state index in [1.165, 1.54) is 0 Å². The summed E-state index contributed by atoms with van der Waals surface area (Å²) < 4.78 is 1.89. The maximum absolute atomic E-state index is 8.64. The molecule has 0 unspecified atom stereocenters. The third kappa shape index (κ3) is 1.72. The van der Waals surface area contributed by atoms with Gasteiger partial charge in [-0.2, -0.15) is 0 Å². The van der Waals surface area contributed by atoms with Gasteiger partial charge in [-0.1, -0.05) is 11.8 Å². The van der Waals surface area contributed by atoms with Gasteiger partial charge in [0.1, 0.15) is 5.82 Å². The van der Waals surface area contributed by atoms with E-state index in [0.29, 0.717) is 6.42 Å². The zero-order valence-electron chi connectivity index (χ0n) is 6.61. The summed E-state index contributed by atoms with van der Waals surface area (Å²) in [6, 6.07) is 0. The number of aliphatic hydroxyl groups is 1. The Hall–Kier alpha value is -0.550. The number of hydrogen-bond donors (Lipinski definition) is 1. The van der Waals surface area contributed by atoms with Crippen LogP contribution in [0.25, 0.3) is 0 Å². The molecule has 1 rings (SSSR count). The monoisotopic (exact) mass is 173 g/mol. The van der Waals surface area contributed by atoms with E-state index in [2.05, 4.69) is 10.2 Å². The van der Waals surface area contributed by atoms with E-state index < -0.39 is 0 Å². The van der Waals surface area contributed by atoms with Crippen LogP contribution in [0.5, 0.6) is 0 Å². The van der Waals surface area contributed by atoms with E-state index in [9.17, 15) is 0 Å². The molecule has 0 saturated heterocycles. The van der Waals surface area contributed by atoms with Gasteiger partial charge in [-0.3, -0.25) is 0 Å². The minimum absolute atomic E-state index is 0.125. The van der Waals surface area contributed by atoms with E-state index >= 15 is 0 Å². The van der Waals surface area contributed by atoms with Gasteiger partial charge in [0.05, 0.1) is 6.61 Å². The third-order valence-electron chi connectivity index (χ3n) is 1.44. The molecular weight excluding hydrogens is 162 g/mol. The molecule has 0 bridgehead atoms. The molecule has 1 aromatic rings. The lowest BCUT2D eigenvalue weighted by molar-refractivity contribution is 0.295. The van der Waals surface area contributed by atoms with Gasteiger partial charge in [-0.05, 0) is 6.26 Å². The van der Waals surface area contributed by atoms with Crippen LogP contribution in [-0.4, -0.2) is 32.7 Å². The van der Waals surface area contributed by atoms with Crippen LogP contribution in [0.4, 0.5) is 0 Å². The molecule has 0 spiro atoms. The average molecular weight is 173 g/mol. The van der Waals surface area contributed by atoms with Gasteiger partial charge in [0.15, 0.2) is 5.16 Å². The SMILES string of the molecule is CSc1nnc(CCO)n1C. The minimum Gasteiger partial charge on any atom is -0.396 e. The van der Waals surface area contributed by atoms with Crippen LogP contribution >= 0.6 is 11.8 Å². The normalized spacial score (nSPS) is 10.5. The molecule has 0 aliphatic rings. The van der Waals surface area contributed by atoms with Gasteiger partial charge in [-0.15, -0.1) is 10.2 Å². The van der Waals surface area contributed by atoms with E-state index in [0.717, 1.165) is 11.0 Å². The van der Waals surface area contributed by atoms with Crippen molar-refractivity contribution >= 4 is 11.8 Å². The van der Waals surface area contributed by atoms with Crippen LogP contribution in [0.15, 0.2) is 5.16 Å². The summed E-state index contributed by atoms with van der Waals surface area (Å²) in [6.45, 7) is 0.125. The lowest BCUT2D eigenvalue weighted by Crippen LogP contribution is -2.01. The van der Waals surface area contributed by atoms with Crippen molar-refractivity contribution in [3.8, 4) is 0 Å². The Morgan fingerprint density at radius 3 is 2.73 bits per heavy atom. The van der Waals surface area contributed by atoms with Gasteiger partial charge >= 0.3 is 0 Å². The van der Waals surface area contributed by atoms with Gasteiger partial charge < -0.3 is 9.67 Å². The quantitative estimate of drug-likeness (QED) is 0.657. The maximum Gasteiger partial charge on any atom is 0.190 e. The average Bonchev–Trinajstić information content (AvgIpc) is 2.34. The fourth-order valence-electron chi connectivity index (χ4n) is 0.841. The van der Waals surface area contributed by atoms with Crippen molar-refractivity contribution in [2.45, 2.75) is 11.6 Å². The van der Waals surface area contributed by atoms with Crippen LogP contribution in [0, 0.1) is 0 Å². The summed E-state index contributed by atoms with van der Waals surface area (Å²) >= 11 is 1.55. The second kappa shape index (κ2) is 3.73. The molecule has 0 fully saturated rings. The molecule has 11 heavy (non-hydrogen) atoms. The molecule has 0 radical (unpaired) electrons. The summed E-state index contributed by atoms with van der Waals surface area (Å²) in [4.78, 5) is 0. The second-order valence-electron chi connectivity index (χ2n) is 2.14. The molecule has 0 amide bonds. The molecule has 0 saturated carbocycles. The number of aliphatic hydroxyl groups excluding tert-OH is 1. The summed E-state index contributed by atoms with van der Waals surface area (Å²) in [5, 5.41) is 17.3. The van der Waals surface area contributed by atoms with Crippen molar-refractivity contribution in [2.24, 2.45) is 7.05 Å². The van der Waals surface area contributed by atoms with E-state index in [-0.39, 0.29) is 6.61 Å². The highest BCUT2D eigenvalue weighted by Gasteiger charge is 2.05. The zero-order valence-corrected chi connectivity index (χ0v) is 7.43. The van der Waals surface area contributed by atoms with Gasteiger partial charge in [-0.25, -0.2) is 0 Å². The van der Waals surface area contributed by atoms with Crippen LogP contribution in [0.3, 0.4) is 0 Å². The molecule has 0 aliphatic heterocycles. The molecule has 0 aromatic carbocycles. The first-order valence-electron chi connectivity index (χ1n) is 3.32. The van der Waals surface area contributed by atoms with Crippen molar-refractivity contribution in [2.75, 3.05) is 12.9 Å². The fraction of sp³-hybridized carbons (Fsp3) is 0.667. The fourth-order valence-corrected chi connectivity index (χ4v) is 1.34. The molecule has 0 atom stereocenters. The Kier molecular flexibility index (Phi) is 2.90. The first-order valence-corrected chi connectivity index (χ1v) is 4.55. The van der Waals surface area contributed by atoms with Crippen LogP contribution in [0.1, 0.15) is 5.82 Å². The third-order valence-corrected chi connectivity index (χ3v) is 2.16. The predicted octanol–water partition coefficient (Wildman–Crippen LogP) is 0.0718. The molecule has 62 valence electrons. The Bertz CT molecular complexity index is 236. The number of hydrogen-bond acceptors (Lipinski definition) is 4. The summed E-state index contributed by atoms with van der Waals surface area (Å²) in [7, 11) is 1.90. The second-order valence-corrected chi connectivity index (χ2v) is 2.91. The van der Waals surface area contributed by atoms with E-state index in [1.54, 1.807) is 11.8 Å². The highest BCUT2D eigenvalue weighted by molar-refractivity contribution is 7.98. The number of rotatable bonds is 3. The standard InChI is InChI=1S/C6H11N3OS/c1-9-5(3-4-10)7-8-6(9)11-2/h10H,3-4H2,1-2H3. The molecule has 5 heteroatoms. The van der Waals surface area contributed by atoms with Crippen molar-refractivity contribution in [3.63, 3.8) is 0 Å². The Balaban J connectivity index is 2.82. The van der Waals surface area contributed by atoms with E-state index in [1.807, 2.05) is 17.9 Å². The number of thioether (sulfide) groups is 1. The minimum atomic E-state index is 0.125. The number of nitrogens with zero attached hydrogens (tertiary/aromatic N) is 3. The van der Waals surface area contributed by atoms with Crippen LogP contribution in [-0.2, 0) is 13.5 Å². The van der Waals surface area contributed by atoms with Gasteiger partial charge in [0.25, 0.3) is 0 Å². The van der Waals surface area contributed by atoms with Crippen molar-refractivity contribution in [1.29, 1.82) is 0 Å². The summed E-state index contributed by atoms with van der Waals surface area (Å²) in [5.41, 5.74) is 0. The topological polar surface area (TPSA) is 50.9 Å². The van der Waals surface area contributed by atoms with Gasteiger partial charge in [0.2, 0.25) is 0 Å². The van der Waals surface area contributed by atoms with E-state index in [4.69, 9.17) is 5.11 Å². The Labute approximate surface area is 69.6 Å². The van der Waals surface area contributed by atoms with Crippen LogP contribution in [0.2, 0.25) is 0 Å². The molecule has 4 nitrogen and oxygen atoms in total. The molecule has 0 aliphatic carbocycles. The first-order chi connectivity index (χ1) is 5.29. The van der Waals surface area contributed by atoms with Crippen molar-refractivity contribution in [1.82, 2.24) is 14.8 Å². The van der Waals surface area contributed by atoms with Crippen LogP contribution < -0.4 is 0 Å². The largest absolute Gasteiger partial charge is 0.396 e. The molecule has 1 aromatic heterocycles. The Morgan fingerprint density at radius 1 is 1.55 bits per heavy atom.